The Balaban J connectivity index is 2.28. The smallest absolute Gasteiger partial charge is 0.0345 e. The molecule has 0 amide bonds. The zero-order chi connectivity index (χ0) is 47.2. The molecule has 1 rings (SSSR count). The first kappa shape index (κ1) is 64.3. The van der Waals surface area contributed by atoms with E-state index in [1.54, 1.807) is 4.90 Å². The molecule has 0 fully saturated rings. The summed E-state index contributed by atoms with van der Waals surface area (Å²) in [6, 6.07) is 8.25. The predicted molar refractivity (Wildman–Crippen MR) is 310 cm³/mol. The Kier molecular flexibility index (Phi) is 54.7. The maximum atomic E-state index is 3.59. The van der Waals surface area contributed by atoms with Crippen LogP contribution in [0.3, 0.4) is 0 Å². The lowest BCUT2D eigenvalue weighted by Gasteiger charge is -2.14. The van der Waals surface area contributed by atoms with Crippen molar-refractivity contribution in [3.63, 3.8) is 0 Å². The summed E-state index contributed by atoms with van der Waals surface area (Å²) in [7, 11) is 0. The van der Waals surface area contributed by atoms with Crippen LogP contribution in [0.2, 0.25) is 0 Å². The summed E-state index contributed by atoms with van der Waals surface area (Å²) in [6.45, 7) is 6.95. The first-order chi connectivity index (χ1) is 32.8. The molecule has 66 heavy (non-hydrogen) atoms. The summed E-state index contributed by atoms with van der Waals surface area (Å²) < 4.78 is 0. The Hall–Kier alpha value is 0.270. The van der Waals surface area contributed by atoms with Gasteiger partial charge in [-0.3, -0.25) is 0 Å². The van der Waals surface area contributed by atoms with Crippen molar-refractivity contribution in [1.29, 1.82) is 0 Å². The normalized spacial score (nSPS) is 11.7. The zero-order valence-electron chi connectivity index (χ0n) is 45.6. The third kappa shape index (κ3) is 46.6. The third-order valence-corrected chi connectivity index (χ3v) is 18.1. The van der Waals surface area contributed by atoms with Crippen LogP contribution in [0.5, 0.6) is 0 Å². The second-order valence-electron chi connectivity index (χ2n) is 21.0. The van der Waals surface area contributed by atoms with Crippen LogP contribution in [0.15, 0.2) is 26.8 Å². The van der Waals surface area contributed by atoms with Gasteiger partial charge in [-0.05, 0) is 54.7 Å². The molecule has 0 N–H and O–H groups in total. The Morgan fingerprint density at radius 1 is 0.227 bits per heavy atom. The molecular formula is C63H119S3. The SMILES string of the molecule is CCCCCCCCCCCCCCCCCCCSc1c[c]cc(SCCCCCCCCCCCCCCCCCCC)c1SCCCCCCCCCCCCCCCCCCC. The lowest BCUT2D eigenvalue weighted by molar-refractivity contribution is 0.529. The van der Waals surface area contributed by atoms with Crippen molar-refractivity contribution in [3.8, 4) is 0 Å². The molecule has 0 nitrogen and oxygen atoms in total. The monoisotopic (exact) mass is 972 g/mol. The molecule has 0 aliphatic rings. The van der Waals surface area contributed by atoms with E-state index in [4.69, 9.17) is 0 Å². The molecule has 0 unspecified atom stereocenters. The van der Waals surface area contributed by atoms with E-state index in [9.17, 15) is 0 Å². The van der Waals surface area contributed by atoms with Gasteiger partial charge >= 0.3 is 0 Å². The van der Waals surface area contributed by atoms with Gasteiger partial charge in [0, 0.05) is 14.7 Å². The minimum atomic E-state index is 1.27. The first-order valence-electron chi connectivity index (χ1n) is 30.8. The maximum Gasteiger partial charge on any atom is 0.0345 e. The Morgan fingerprint density at radius 2 is 0.394 bits per heavy atom. The van der Waals surface area contributed by atoms with Crippen molar-refractivity contribution in [2.75, 3.05) is 17.3 Å². The highest BCUT2D eigenvalue weighted by molar-refractivity contribution is 8.03. The lowest BCUT2D eigenvalue weighted by atomic mass is 10.0. The van der Waals surface area contributed by atoms with E-state index in [0.717, 1.165) is 0 Å². The number of rotatable bonds is 57. The van der Waals surface area contributed by atoms with E-state index in [0.29, 0.717) is 0 Å². The second-order valence-corrected chi connectivity index (χ2v) is 24.4. The fraction of sp³-hybridized carbons (Fsp3) is 0.905. The van der Waals surface area contributed by atoms with E-state index >= 15 is 0 Å². The largest absolute Gasteiger partial charge is 0.125 e. The molecular weight excluding hydrogens is 853 g/mol. The molecule has 1 aromatic carbocycles. The van der Waals surface area contributed by atoms with Crippen LogP contribution in [0.25, 0.3) is 0 Å². The molecule has 0 aliphatic heterocycles. The quantitative estimate of drug-likeness (QED) is 0.0472. The maximum absolute atomic E-state index is 3.59. The Bertz CT molecular complexity index is 980. The van der Waals surface area contributed by atoms with Crippen molar-refractivity contribution in [2.45, 2.75) is 363 Å². The van der Waals surface area contributed by atoms with Crippen molar-refractivity contribution in [1.82, 2.24) is 0 Å². The van der Waals surface area contributed by atoms with Crippen molar-refractivity contribution in [3.05, 3.63) is 18.2 Å². The van der Waals surface area contributed by atoms with Gasteiger partial charge in [0.05, 0.1) is 0 Å². The summed E-state index contributed by atoms with van der Waals surface area (Å²) in [5.41, 5.74) is 0. The average molecular weight is 973 g/mol. The minimum absolute atomic E-state index is 1.27. The standard InChI is InChI=1S/C63H119S3/c1-4-7-10-13-16-19-22-25-28-31-34-37-40-43-46-49-52-58-64-61-56-55-57-62(65-59-53-50-47-44-41-38-35-32-29-26-23-20-17-14-11-8-5-2)63(61)66-60-54-51-48-45-42-39-36-33-30-27-24-21-18-15-12-9-6-3/h56-57H,4-54,58-60H2,1-3H3. The summed E-state index contributed by atoms with van der Waals surface area (Å²) in [4.78, 5) is 4.64. The fourth-order valence-electron chi connectivity index (χ4n) is 9.82. The van der Waals surface area contributed by atoms with Gasteiger partial charge in [0.1, 0.15) is 0 Å². The number of hydrogen-bond donors (Lipinski definition) is 0. The Morgan fingerprint density at radius 3 is 0.591 bits per heavy atom. The molecule has 0 saturated carbocycles. The number of hydrogen-bond acceptors (Lipinski definition) is 3. The van der Waals surface area contributed by atoms with Gasteiger partial charge in [0.25, 0.3) is 0 Å². The molecule has 0 aliphatic carbocycles. The van der Waals surface area contributed by atoms with Gasteiger partial charge in [-0.1, -0.05) is 329 Å². The molecule has 3 heteroatoms. The van der Waals surface area contributed by atoms with Crippen LogP contribution in [0.4, 0.5) is 0 Å². The lowest BCUT2D eigenvalue weighted by Crippen LogP contribution is -1.91. The molecule has 0 bridgehead atoms. The van der Waals surface area contributed by atoms with Crippen LogP contribution in [0.1, 0.15) is 348 Å². The molecule has 0 spiro atoms. The van der Waals surface area contributed by atoms with Crippen LogP contribution in [0, 0.1) is 6.07 Å². The summed E-state index contributed by atoms with van der Waals surface area (Å²) in [5.74, 6) is 3.82. The van der Waals surface area contributed by atoms with E-state index in [1.165, 1.54) is 355 Å². The van der Waals surface area contributed by atoms with Gasteiger partial charge in [0.2, 0.25) is 0 Å². The highest BCUT2D eigenvalue weighted by Crippen LogP contribution is 2.40. The van der Waals surface area contributed by atoms with Crippen LogP contribution < -0.4 is 0 Å². The molecule has 0 heterocycles. The van der Waals surface area contributed by atoms with Crippen molar-refractivity contribution in [2.24, 2.45) is 0 Å². The second kappa shape index (κ2) is 56.2. The topological polar surface area (TPSA) is 0 Å². The van der Waals surface area contributed by atoms with Crippen LogP contribution in [-0.4, -0.2) is 17.3 Å². The van der Waals surface area contributed by atoms with Gasteiger partial charge in [-0.25, -0.2) is 0 Å². The number of thioether (sulfide) groups is 3. The highest BCUT2D eigenvalue weighted by Gasteiger charge is 2.11. The van der Waals surface area contributed by atoms with Gasteiger partial charge in [-0.15, -0.1) is 35.3 Å². The molecule has 0 aromatic heterocycles. The first-order valence-corrected chi connectivity index (χ1v) is 33.7. The van der Waals surface area contributed by atoms with E-state index < -0.39 is 0 Å². The van der Waals surface area contributed by atoms with Crippen LogP contribution >= 0.6 is 35.3 Å². The highest BCUT2D eigenvalue weighted by atomic mass is 32.2. The fourth-order valence-corrected chi connectivity index (χ4v) is 13.5. The Labute approximate surface area is 431 Å². The van der Waals surface area contributed by atoms with E-state index in [1.807, 2.05) is 0 Å². The summed E-state index contributed by atoms with van der Waals surface area (Å²) in [5, 5.41) is 0. The number of benzene rings is 1. The molecule has 0 atom stereocenters. The average Bonchev–Trinajstić information content (AvgIpc) is 3.33. The number of unbranched alkanes of at least 4 members (excludes halogenated alkanes) is 48. The molecule has 1 radical (unpaired) electrons. The molecule has 389 valence electrons. The van der Waals surface area contributed by atoms with Gasteiger partial charge < -0.3 is 0 Å². The summed E-state index contributed by atoms with van der Waals surface area (Å²) >= 11 is 6.46. The van der Waals surface area contributed by atoms with Gasteiger partial charge in [-0.2, -0.15) is 0 Å². The van der Waals surface area contributed by atoms with Crippen LogP contribution in [-0.2, 0) is 0 Å². The molecule has 1 aromatic rings. The van der Waals surface area contributed by atoms with Crippen molar-refractivity contribution < 1.29 is 0 Å². The van der Waals surface area contributed by atoms with Gasteiger partial charge in [0.15, 0.2) is 0 Å². The summed E-state index contributed by atoms with van der Waals surface area (Å²) in [6.07, 6.45) is 73.9. The minimum Gasteiger partial charge on any atom is -0.125 e. The third-order valence-electron chi connectivity index (χ3n) is 14.4. The zero-order valence-corrected chi connectivity index (χ0v) is 48.0. The van der Waals surface area contributed by atoms with Crippen molar-refractivity contribution >= 4 is 35.3 Å². The molecule has 0 saturated heterocycles. The predicted octanol–water partition coefficient (Wildman–Crippen LogP) is 24.7. The van der Waals surface area contributed by atoms with E-state index in [-0.39, 0.29) is 0 Å². The van der Waals surface area contributed by atoms with E-state index in [2.05, 4.69) is 74.3 Å².